The summed E-state index contributed by atoms with van der Waals surface area (Å²) in [5, 5.41) is 0.615. The number of carbonyl (C=O) groups excluding carboxylic acids is 1. The Morgan fingerprint density at radius 1 is 1.22 bits per heavy atom. The summed E-state index contributed by atoms with van der Waals surface area (Å²) in [7, 11) is -3.11. The van der Waals surface area contributed by atoms with E-state index in [4.69, 9.17) is 16.3 Å². The summed E-state index contributed by atoms with van der Waals surface area (Å²) in [6, 6.07) is 13.9. The Morgan fingerprint density at radius 2 is 1.96 bits per heavy atom. The van der Waals surface area contributed by atoms with Gasteiger partial charge in [-0.05, 0) is 49.2 Å². The first-order valence-corrected chi connectivity index (χ1v) is 11.1. The number of carbonyl (C=O) groups is 1. The van der Waals surface area contributed by atoms with Gasteiger partial charge in [0, 0.05) is 23.2 Å². The number of ether oxygens (including phenoxy) is 1. The van der Waals surface area contributed by atoms with Gasteiger partial charge in [-0.1, -0.05) is 29.8 Å². The highest BCUT2D eigenvalue weighted by atomic mass is 35.5. The van der Waals surface area contributed by atoms with Crippen molar-refractivity contribution in [3.63, 3.8) is 0 Å². The van der Waals surface area contributed by atoms with Gasteiger partial charge < -0.3 is 9.64 Å². The fourth-order valence-electron chi connectivity index (χ4n) is 3.23. The van der Waals surface area contributed by atoms with E-state index < -0.39 is 9.84 Å². The minimum atomic E-state index is -3.11. The van der Waals surface area contributed by atoms with Crippen LogP contribution in [-0.2, 0) is 16.4 Å². The number of halogens is 1. The van der Waals surface area contributed by atoms with Crippen molar-refractivity contribution in [1.82, 2.24) is 4.90 Å². The maximum absolute atomic E-state index is 13.2. The summed E-state index contributed by atoms with van der Waals surface area (Å²) in [6.45, 7) is 2.72. The molecule has 1 aliphatic rings. The van der Waals surface area contributed by atoms with Crippen LogP contribution in [0.15, 0.2) is 48.5 Å². The van der Waals surface area contributed by atoms with Gasteiger partial charge in [-0.3, -0.25) is 4.79 Å². The van der Waals surface area contributed by atoms with Crippen LogP contribution in [0, 0.1) is 0 Å². The lowest BCUT2D eigenvalue weighted by Gasteiger charge is -2.28. The number of nitrogens with zero attached hydrogens (tertiary/aromatic N) is 1. The molecule has 1 amide bonds. The summed E-state index contributed by atoms with van der Waals surface area (Å²) in [5.74, 6) is 0.529. The highest BCUT2D eigenvalue weighted by Crippen LogP contribution is 2.24. The molecule has 7 heteroatoms. The molecule has 2 aromatic rings. The van der Waals surface area contributed by atoms with Crippen molar-refractivity contribution in [2.24, 2.45) is 0 Å². The standard InChI is InChI=1S/C20H22ClNO4S/c1-2-26-19-5-3-4-16(12-19)20(23)22(18-10-11-27(24,25)14-18)13-15-6-8-17(21)9-7-15/h3-9,12,18H,2,10-11,13-14H2,1H3/t18-/m0/s1. The summed E-state index contributed by atoms with van der Waals surface area (Å²) in [4.78, 5) is 14.9. The Morgan fingerprint density at radius 3 is 2.59 bits per heavy atom. The molecule has 5 nitrogen and oxygen atoms in total. The minimum Gasteiger partial charge on any atom is -0.494 e. The zero-order chi connectivity index (χ0) is 19.4. The van der Waals surface area contributed by atoms with Crippen LogP contribution in [0.3, 0.4) is 0 Å². The second-order valence-corrected chi connectivity index (χ2v) is 9.24. The second-order valence-electron chi connectivity index (χ2n) is 6.58. The third-order valence-corrected chi connectivity index (χ3v) is 6.57. The SMILES string of the molecule is CCOc1cccc(C(=O)N(Cc2ccc(Cl)cc2)[C@H]2CCS(=O)(=O)C2)c1. The van der Waals surface area contributed by atoms with Crippen molar-refractivity contribution in [2.75, 3.05) is 18.1 Å². The van der Waals surface area contributed by atoms with Gasteiger partial charge in [-0.25, -0.2) is 8.42 Å². The summed E-state index contributed by atoms with van der Waals surface area (Å²) < 4.78 is 29.4. The Labute approximate surface area is 164 Å². The van der Waals surface area contributed by atoms with E-state index in [1.807, 2.05) is 19.1 Å². The summed E-state index contributed by atoms with van der Waals surface area (Å²) in [6.07, 6.45) is 0.451. The lowest BCUT2D eigenvalue weighted by atomic mass is 10.1. The molecule has 0 aliphatic carbocycles. The normalized spacial score (nSPS) is 18.2. The summed E-state index contributed by atoms with van der Waals surface area (Å²) >= 11 is 5.94. The van der Waals surface area contributed by atoms with Crippen LogP contribution in [-0.4, -0.2) is 43.4 Å². The Kier molecular flexibility index (Phi) is 6.07. The van der Waals surface area contributed by atoms with Crippen LogP contribution in [0.1, 0.15) is 29.3 Å². The Balaban J connectivity index is 1.89. The minimum absolute atomic E-state index is 0.00250. The van der Waals surface area contributed by atoms with E-state index in [1.54, 1.807) is 41.3 Å². The van der Waals surface area contributed by atoms with E-state index in [1.165, 1.54) is 0 Å². The maximum Gasteiger partial charge on any atom is 0.254 e. The number of benzene rings is 2. The molecule has 0 radical (unpaired) electrons. The molecule has 0 unspecified atom stereocenters. The van der Waals surface area contributed by atoms with Crippen LogP contribution in [0.5, 0.6) is 5.75 Å². The molecule has 0 N–H and O–H groups in total. The number of sulfone groups is 1. The molecule has 0 saturated carbocycles. The van der Waals surface area contributed by atoms with Crippen LogP contribution in [0.25, 0.3) is 0 Å². The third kappa shape index (κ3) is 5.02. The molecule has 0 spiro atoms. The maximum atomic E-state index is 13.2. The molecule has 27 heavy (non-hydrogen) atoms. The van der Waals surface area contributed by atoms with Gasteiger partial charge in [-0.15, -0.1) is 0 Å². The van der Waals surface area contributed by atoms with Crippen molar-refractivity contribution >= 4 is 27.3 Å². The molecular formula is C20H22ClNO4S. The quantitative estimate of drug-likeness (QED) is 0.734. The smallest absolute Gasteiger partial charge is 0.254 e. The lowest BCUT2D eigenvalue weighted by molar-refractivity contribution is 0.0680. The van der Waals surface area contributed by atoms with Crippen LogP contribution in [0.4, 0.5) is 0 Å². The van der Waals surface area contributed by atoms with E-state index in [0.717, 1.165) is 5.56 Å². The molecule has 1 aliphatic heterocycles. The average Bonchev–Trinajstić information content (AvgIpc) is 3.01. The molecule has 1 saturated heterocycles. The van der Waals surface area contributed by atoms with Gasteiger partial charge in [0.05, 0.1) is 18.1 Å². The fraction of sp³-hybridized carbons (Fsp3) is 0.350. The molecule has 0 aromatic heterocycles. The average molecular weight is 408 g/mol. The number of amides is 1. The van der Waals surface area contributed by atoms with Crippen molar-refractivity contribution in [3.8, 4) is 5.75 Å². The topological polar surface area (TPSA) is 63.7 Å². The Hall–Kier alpha value is -2.05. The second kappa shape index (κ2) is 8.31. The van der Waals surface area contributed by atoms with E-state index in [-0.39, 0.29) is 23.5 Å². The van der Waals surface area contributed by atoms with Crippen LogP contribution >= 0.6 is 11.6 Å². The zero-order valence-electron chi connectivity index (χ0n) is 15.1. The largest absolute Gasteiger partial charge is 0.494 e. The predicted octanol–water partition coefficient (Wildman–Crippen LogP) is 3.57. The highest BCUT2D eigenvalue weighted by Gasteiger charge is 2.35. The predicted molar refractivity (Wildman–Crippen MR) is 106 cm³/mol. The van der Waals surface area contributed by atoms with Crippen molar-refractivity contribution in [3.05, 3.63) is 64.7 Å². The van der Waals surface area contributed by atoms with Gasteiger partial charge >= 0.3 is 0 Å². The summed E-state index contributed by atoms with van der Waals surface area (Å²) in [5.41, 5.74) is 1.39. The van der Waals surface area contributed by atoms with Crippen molar-refractivity contribution < 1.29 is 17.9 Å². The Bertz CT molecular complexity index is 912. The van der Waals surface area contributed by atoms with E-state index in [0.29, 0.717) is 35.9 Å². The van der Waals surface area contributed by atoms with Crippen LogP contribution < -0.4 is 4.74 Å². The van der Waals surface area contributed by atoms with Gasteiger partial charge in [0.2, 0.25) is 0 Å². The number of hydrogen-bond acceptors (Lipinski definition) is 4. The molecule has 3 rings (SSSR count). The first-order chi connectivity index (χ1) is 12.9. The molecule has 0 bridgehead atoms. The zero-order valence-corrected chi connectivity index (χ0v) is 16.7. The van der Waals surface area contributed by atoms with Gasteiger partial charge in [-0.2, -0.15) is 0 Å². The number of hydrogen-bond donors (Lipinski definition) is 0. The molecule has 144 valence electrons. The molecule has 2 aromatic carbocycles. The molecule has 1 heterocycles. The molecule has 1 fully saturated rings. The lowest BCUT2D eigenvalue weighted by Crippen LogP contribution is -2.40. The van der Waals surface area contributed by atoms with Gasteiger partial charge in [0.1, 0.15) is 5.75 Å². The fourth-order valence-corrected chi connectivity index (χ4v) is 5.08. The molecular weight excluding hydrogens is 386 g/mol. The highest BCUT2D eigenvalue weighted by molar-refractivity contribution is 7.91. The van der Waals surface area contributed by atoms with Crippen molar-refractivity contribution in [1.29, 1.82) is 0 Å². The van der Waals surface area contributed by atoms with Crippen LogP contribution in [0.2, 0.25) is 5.02 Å². The first-order valence-electron chi connectivity index (χ1n) is 8.86. The van der Waals surface area contributed by atoms with Gasteiger partial charge in [0.15, 0.2) is 9.84 Å². The van der Waals surface area contributed by atoms with Gasteiger partial charge in [0.25, 0.3) is 5.91 Å². The monoisotopic (exact) mass is 407 g/mol. The van der Waals surface area contributed by atoms with E-state index in [9.17, 15) is 13.2 Å². The first kappa shape index (κ1) is 19.7. The number of rotatable bonds is 6. The molecule has 1 atom stereocenters. The van der Waals surface area contributed by atoms with E-state index >= 15 is 0 Å². The van der Waals surface area contributed by atoms with Crippen molar-refractivity contribution in [2.45, 2.75) is 25.9 Å². The third-order valence-electron chi connectivity index (χ3n) is 4.57. The van der Waals surface area contributed by atoms with E-state index in [2.05, 4.69) is 0 Å².